The first kappa shape index (κ1) is 14.8. The van der Waals surface area contributed by atoms with Crippen LogP contribution in [0.25, 0.3) is 0 Å². The maximum absolute atomic E-state index is 5.87. The fourth-order valence-corrected chi connectivity index (χ4v) is 3.17. The lowest BCUT2D eigenvalue weighted by Gasteiger charge is -2.48. The summed E-state index contributed by atoms with van der Waals surface area (Å²) in [5.41, 5.74) is 4.32. The van der Waals surface area contributed by atoms with Crippen LogP contribution in [0.5, 0.6) is 0 Å². The standard InChI is InChI=1S/C14H27N3O2/c1-3-14(2,17-6-9-18-10-7-17)13(16-15)12-5-4-8-19-11-12/h11,13,16H,3-10,15H2,1-2H3. The van der Waals surface area contributed by atoms with Crippen LogP contribution in [0.3, 0.4) is 0 Å². The zero-order valence-electron chi connectivity index (χ0n) is 12.2. The molecule has 1 fully saturated rings. The van der Waals surface area contributed by atoms with Gasteiger partial charge in [-0.1, -0.05) is 6.92 Å². The van der Waals surface area contributed by atoms with Gasteiger partial charge in [-0.25, -0.2) is 0 Å². The molecule has 2 rings (SSSR count). The molecule has 1 saturated heterocycles. The van der Waals surface area contributed by atoms with Gasteiger partial charge in [0.05, 0.1) is 32.1 Å². The lowest BCUT2D eigenvalue weighted by Crippen LogP contribution is -2.63. The Kier molecular flexibility index (Phi) is 5.21. The van der Waals surface area contributed by atoms with Gasteiger partial charge in [0.1, 0.15) is 0 Å². The first-order valence-corrected chi connectivity index (χ1v) is 7.32. The van der Waals surface area contributed by atoms with Gasteiger partial charge >= 0.3 is 0 Å². The predicted octanol–water partition coefficient (Wildman–Crippen LogP) is 1.01. The number of nitrogens with zero attached hydrogens (tertiary/aromatic N) is 1. The molecule has 2 atom stereocenters. The molecule has 0 spiro atoms. The van der Waals surface area contributed by atoms with Crippen molar-refractivity contribution in [3.8, 4) is 0 Å². The van der Waals surface area contributed by atoms with Gasteiger partial charge in [-0.2, -0.15) is 0 Å². The molecule has 2 heterocycles. The smallest absolute Gasteiger partial charge is 0.0876 e. The number of hydrogen-bond acceptors (Lipinski definition) is 5. The number of rotatable bonds is 5. The van der Waals surface area contributed by atoms with Crippen molar-refractivity contribution in [1.29, 1.82) is 0 Å². The number of ether oxygens (including phenoxy) is 2. The molecule has 110 valence electrons. The summed E-state index contributed by atoms with van der Waals surface area (Å²) >= 11 is 0. The number of hydrogen-bond donors (Lipinski definition) is 2. The molecular weight excluding hydrogens is 242 g/mol. The van der Waals surface area contributed by atoms with Crippen LogP contribution >= 0.6 is 0 Å². The van der Waals surface area contributed by atoms with E-state index in [1.54, 1.807) is 0 Å². The minimum atomic E-state index is 0.00502. The van der Waals surface area contributed by atoms with Gasteiger partial charge in [0, 0.05) is 18.6 Å². The van der Waals surface area contributed by atoms with E-state index < -0.39 is 0 Å². The average molecular weight is 269 g/mol. The Morgan fingerprint density at radius 3 is 2.68 bits per heavy atom. The Balaban J connectivity index is 2.18. The third kappa shape index (κ3) is 3.11. The van der Waals surface area contributed by atoms with Gasteiger partial charge < -0.3 is 9.47 Å². The normalized spacial score (nSPS) is 26.2. The third-order valence-electron chi connectivity index (χ3n) is 4.57. The molecule has 0 saturated carbocycles. The highest BCUT2D eigenvalue weighted by Crippen LogP contribution is 2.31. The summed E-state index contributed by atoms with van der Waals surface area (Å²) in [6, 6.07) is 0.135. The second-order valence-corrected chi connectivity index (χ2v) is 5.58. The molecule has 0 amide bonds. The van der Waals surface area contributed by atoms with Gasteiger partial charge in [-0.3, -0.25) is 16.2 Å². The second kappa shape index (κ2) is 6.70. The predicted molar refractivity (Wildman–Crippen MR) is 75.5 cm³/mol. The maximum Gasteiger partial charge on any atom is 0.0876 e. The minimum Gasteiger partial charge on any atom is -0.501 e. The minimum absolute atomic E-state index is 0.00502. The van der Waals surface area contributed by atoms with E-state index in [4.69, 9.17) is 15.3 Å². The van der Waals surface area contributed by atoms with Crippen LogP contribution < -0.4 is 11.3 Å². The molecule has 2 aliphatic heterocycles. The summed E-state index contributed by atoms with van der Waals surface area (Å²) < 4.78 is 11.0. The van der Waals surface area contributed by atoms with Gasteiger partial charge in [0.15, 0.2) is 0 Å². The molecule has 5 nitrogen and oxygen atoms in total. The summed E-state index contributed by atoms with van der Waals surface area (Å²) in [5, 5.41) is 0. The molecule has 0 aromatic heterocycles. The van der Waals surface area contributed by atoms with Gasteiger partial charge in [-0.05, 0) is 31.8 Å². The van der Waals surface area contributed by atoms with Crippen LogP contribution in [-0.4, -0.2) is 49.4 Å². The topological polar surface area (TPSA) is 59.8 Å². The van der Waals surface area contributed by atoms with Crippen molar-refractivity contribution in [3.63, 3.8) is 0 Å². The number of morpholine rings is 1. The van der Waals surface area contributed by atoms with E-state index in [1.807, 2.05) is 6.26 Å². The largest absolute Gasteiger partial charge is 0.501 e. The van der Waals surface area contributed by atoms with E-state index in [1.165, 1.54) is 5.57 Å². The average Bonchev–Trinajstić information content (AvgIpc) is 2.49. The molecule has 0 aromatic rings. The number of nitrogens with two attached hydrogens (primary N) is 1. The highest BCUT2D eigenvalue weighted by molar-refractivity contribution is 5.18. The molecule has 0 aliphatic carbocycles. The van der Waals surface area contributed by atoms with E-state index in [0.717, 1.165) is 52.2 Å². The molecular formula is C14H27N3O2. The Labute approximate surface area is 116 Å². The van der Waals surface area contributed by atoms with E-state index >= 15 is 0 Å². The highest BCUT2D eigenvalue weighted by Gasteiger charge is 2.40. The molecule has 0 radical (unpaired) electrons. The van der Waals surface area contributed by atoms with Crippen LogP contribution in [0, 0.1) is 0 Å². The Bertz CT molecular complexity index is 316. The van der Waals surface area contributed by atoms with Crippen LogP contribution in [-0.2, 0) is 9.47 Å². The van der Waals surface area contributed by atoms with Crippen molar-refractivity contribution < 1.29 is 9.47 Å². The van der Waals surface area contributed by atoms with Crippen molar-refractivity contribution in [2.75, 3.05) is 32.9 Å². The molecule has 19 heavy (non-hydrogen) atoms. The van der Waals surface area contributed by atoms with Gasteiger partial charge in [0.25, 0.3) is 0 Å². The molecule has 2 unspecified atom stereocenters. The molecule has 0 aromatic carbocycles. The lowest BCUT2D eigenvalue weighted by atomic mass is 9.81. The number of hydrazine groups is 1. The summed E-state index contributed by atoms with van der Waals surface area (Å²) in [6.07, 6.45) is 5.09. The monoisotopic (exact) mass is 269 g/mol. The zero-order chi connectivity index (χ0) is 13.7. The quantitative estimate of drug-likeness (QED) is 0.576. The van der Waals surface area contributed by atoms with Crippen molar-refractivity contribution in [2.45, 2.75) is 44.7 Å². The Morgan fingerprint density at radius 1 is 1.42 bits per heavy atom. The zero-order valence-corrected chi connectivity index (χ0v) is 12.2. The number of nitrogens with one attached hydrogen (secondary N) is 1. The van der Waals surface area contributed by atoms with Crippen molar-refractivity contribution in [2.24, 2.45) is 5.84 Å². The van der Waals surface area contributed by atoms with E-state index in [0.29, 0.717) is 0 Å². The Morgan fingerprint density at radius 2 is 2.16 bits per heavy atom. The Hall–Kier alpha value is -0.620. The van der Waals surface area contributed by atoms with Crippen LogP contribution in [0.4, 0.5) is 0 Å². The van der Waals surface area contributed by atoms with Crippen molar-refractivity contribution in [3.05, 3.63) is 11.8 Å². The van der Waals surface area contributed by atoms with Crippen LogP contribution in [0.2, 0.25) is 0 Å². The first-order valence-electron chi connectivity index (χ1n) is 7.32. The maximum atomic E-state index is 5.87. The molecule has 0 bridgehead atoms. The van der Waals surface area contributed by atoms with Gasteiger partial charge in [-0.15, -0.1) is 0 Å². The second-order valence-electron chi connectivity index (χ2n) is 5.58. The fraction of sp³-hybridized carbons (Fsp3) is 0.857. The lowest BCUT2D eigenvalue weighted by molar-refractivity contribution is -0.0287. The van der Waals surface area contributed by atoms with E-state index in [9.17, 15) is 0 Å². The summed E-state index contributed by atoms with van der Waals surface area (Å²) in [5.74, 6) is 5.87. The van der Waals surface area contributed by atoms with Crippen LogP contribution in [0.1, 0.15) is 33.1 Å². The van der Waals surface area contributed by atoms with E-state index in [2.05, 4.69) is 24.2 Å². The van der Waals surface area contributed by atoms with Crippen LogP contribution in [0.15, 0.2) is 11.8 Å². The molecule has 3 N–H and O–H groups in total. The SMILES string of the molecule is CCC(C)(C(NN)C1=COCCC1)N1CCOCC1. The molecule has 2 aliphatic rings. The fourth-order valence-electron chi connectivity index (χ4n) is 3.17. The third-order valence-corrected chi connectivity index (χ3v) is 4.57. The first-order chi connectivity index (χ1) is 9.22. The van der Waals surface area contributed by atoms with E-state index in [-0.39, 0.29) is 11.6 Å². The van der Waals surface area contributed by atoms with Gasteiger partial charge in [0.2, 0.25) is 0 Å². The van der Waals surface area contributed by atoms with Crippen molar-refractivity contribution >= 4 is 0 Å². The van der Waals surface area contributed by atoms with Crippen molar-refractivity contribution in [1.82, 2.24) is 10.3 Å². The summed E-state index contributed by atoms with van der Waals surface area (Å²) in [4.78, 5) is 2.50. The summed E-state index contributed by atoms with van der Waals surface area (Å²) in [7, 11) is 0. The molecule has 5 heteroatoms. The highest BCUT2D eigenvalue weighted by atomic mass is 16.5. The summed E-state index contributed by atoms with van der Waals surface area (Å²) in [6.45, 7) is 8.89.